The number of nitrogens with one attached hydrogen (secondary N) is 1. The molecule has 134 valence electrons. The van der Waals surface area contributed by atoms with Gasteiger partial charge in [-0.05, 0) is 37.3 Å². The van der Waals surface area contributed by atoms with Crippen LogP contribution in [0.25, 0.3) is 5.69 Å². The molecule has 0 radical (unpaired) electrons. The second-order valence-electron chi connectivity index (χ2n) is 5.73. The molecule has 1 amide bonds. The Labute approximate surface area is 155 Å². The van der Waals surface area contributed by atoms with Gasteiger partial charge in [0.05, 0.1) is 11.4 Å². The molecule has 6 nitrogen and oxygen atoms in total. The molecule has 3 aromatic rings. The van der Waals surface area contributed by atoms with E-state index in [1.165, 1.54) is 4.68 Å². The van der Waals surface area contributed by atoms with Crippen LogP contribution in [-0.2, 0) is 11.8 Å². The molecule has 0 aliphatic carbocycles. The van der Waals surface area contributed by atoms with Gasteiger partial charge in [0.1, 0.15) is 11.4 Å². The number of amides is 1. The molecule has 7 heteroatoms. The number of carbonyl (C=O) groups is 1. The van der Waals surface area contributed by atoms with Gasteiger partial charge in [-0.3, -0.25) is 14.3 Å². The van der Waals surface area contributed by atoms with E-state index in [-0.39, 0.29) is 17.9 Å². The number of hydrogen-bond donors (Lipinski definition) is 1. The minimum Gasteiger partial charge on any atom is -0.484 e. The molecule has 0 unspecified atom stereocenters. The van der Waals surface area contributed by atoms with Crippen LogP contribution in [0.2, 0.25) is 5.02 Å². The predicted octanol–water partition coefficient (Wildman–Crippen LogP) is 3.16. The first kappa shape index (κ1) is 17.8. The van der Waals surface area contributed by atoms with E-state index >= 15 is 0 Å². The maximum absolute atomic E-state index is 12.7. The van der Waals surface area contributed by atoms with E-state index < -0.39 is 5.91 Å². The summed E-state index contributed by atoms with van der Waals surface area (Å²) in [5.41, 5.74) is 1.30. The number of nitrogens with zero attached hydrogens (tertiary/aromatic N) is 2. The number of carbonyl (C=O) groups excluding carboxylic acids is 1. The first-order valence-corrected chi connectivity index (χ1v) is 8.37. The molecule has 0 aliphatic heterocycles. The first-order valence-electron chi connectivity index (χ1n) is 7.99. The minimum atomic E-state index is -0.420. The fourth-order valence-electron chi connectivity index (χ4n) is 2.59. The highest BCUT2D eigenvalue weighted by molar-refractivity contribution is 6.30. The van der Waals surface area contributed by atoms with Gasteiger partial charge in [0.2, 0.25) is 0 Å². The Morgan fingerprint density at radius 2 is 1.88 bits per heavy atom. The number of hydrogen-bond acceptors (Lipinski definition) is 3. The summed E-state index contributed by atoms with van der Waals surface area (Å²) in [5, 5.41) is 3.16. The van der Waals surface area contributed by atoms with Crippen molar-refractivity contribution < 1.29 is 9.53 Å². The number of para-hydroxylation sites is 1. The van der Waals surface area contributed by atoms with Gasteiger partial charge in [-0.25, -0.2) is 4.68 Å². The normalized spacial score (nSPS) is 10.6. The van der Waals surface area contributed by atoms with Crippen molar-refractivity contribution in [2.45, 2.75) is 6.92 Å². The Bertz CT molecular complexity index is 993. The van der Waals surface area contributed by atoms with E-state index in [9.17, 15) is 9.59 Å². The predicted molar refractivity (Wildman–Crippen MR) is 101 cm³/mol. The summed E-state index contributed by atoms with van der Waals surface area (Å²) in [7, 11) is 1.77. The molecular formula is C19H18ClN3O3. The van der Waals surface area contributed by atoms with Crippen LogP contribution in [-0.4, -0.2) is 21.9 Å². The molecule has 0 spiro atoms. The van der Waals surface area contributed by atoms with Crippen LogP contribution in [0, 0.1) is 6.92 Å². The molecule has 2 aromatic carbocycles. The minimum absolute atomic E-state index is 0.223. The zero-order valence-electron chi connectivity index (χ0n) is 14.4. The van der Waals surface area contributed by atoms with E-state index in [0.29, 0.717) is 16.5 Å². The van der Waals surface area contributed by atoms with Gasteiger partial charge in [-0.2, -0.15) is 0 Å². The molecule has 0 atom stereocenters. The fourth-order valence-corrected chi connectivity index (χ4v) is 2.77. The smallest absolute Gasteiger partial charge is 0.295 e. The van der Waals surface area contributed by atoms with Gasteiger partial charge in [-0.15, -0.1) is 0 Å². The standard InChI is InChI=1S/C19H18ClN3O3/c1-13-18(19(25)23(22(13)2)15-8-4-3-5-9-15)21-17(24)12-26-16-10-6-7-14(20)11-16/h3-11H,12H2,1-2H3,(H,21,24). The van der Waals surface area contributed by atoms with Crippen molar-refractivity contribution in [3.63, 3.8) is 0 Å². The Hall–Kier alpha value is -2.99. The summed E-state index contributed by atoms with van der Waals surface area (Å²) >= 11 is 5.88. The van der Waals surface area contributed by atoms with Crippen molar-refractivity contribution in [3.05, 3.63) is 75.7 Å². The fraction of sp³-hybridized carbons (Fsp3) is 0.158. The van der Waals surface area contributed by atoms with E-state index in [1.54, 1.807) is 42.9 Å². The Morgan fingerprint density at radius 3 is 2.58 bits per heavy atom. The van der Waals surface area contributed by atoms with Gasteiger partial charge >= 0.3 is 0 Å². The lowest BCUT2D eigenvalue weighted by Crippen LogP contribution is -2.25. The number of halogens is 1. The van der Waals surface area contributed by atoms with Gasteiger partial charge in [0.25, 0.3) is 11.5 Å². The van der Waals surface area contributed by atoms with Gasteiger partial charge in [0, 0.05) is 12.1 Å². The van der Waals surface area contributed by atoms with Crippen LogP contribution in [0.1, 0.15) is 5.69 Å². The lowest BCUT2D eigenvalue weighted by molar-refractivity contribution is -0.118. The average Bonchev–Trinajstić information content (AvgIpc) is 2.84. The maximum Gasteiger partial charge on any atom is 0.295 e. The number of ether oxygens (including phenoxy) is 1. The SMILES string of the molecule is Cc1c(NC(=O)COc2cccc(Cl)c2)c(=O)n(-c2ccccc2)n1C. The zero-order chi connectivity index (χ0) is 18.7. The van der Waals surface area contributed by atoms with E-state index in [1.807, 2.05) is 30.3 Å². The van der Waals surface area contributed by atoms with Crippen molar-refractivity contribution in [3.8, 4) is 11.4 Å². The molecule has 0 fully saturated rings. The van der Waals surface area contributed by atoms with E-state index in [2.05, 4.69) is 5.32 Å². The quantitative estimate of drug-likeness (QED) is 0.749. The topological polar surface area (TPSA) is 65.3 Å². The number of rotatable bonds is 5. The van der Waals surface area contributed by atoms with Crippen molar-refractivity contribution in [2.24, 2.45) is 7.05 Å². The van der Waals surface area contributed by atoms with Crippen LogP contribution in [0.15, 0.2) is 59.4 Å². The van der Waals surface area contributed by atoms with Crippen molar-refractivity contribution in [1.29, 1.82) is 0 Å². The molecule has 3 rings (SSSR count). The van der Waals surface area contributed by atoms with Crippen molar-refractivity contribution in [1.82, 2.24) is 9.36 Å². The van der Waals surface area contributed by atoms with Crippen LogP contribution < -0.4 is 15.6 Å². The number of aromatic nitrogens is 2. The highest BCUT2D eigenvalue weighted by Crippen LogP contribution is 2.17. The molecule has 0 saturated carbocycles. The van der Waals surface area contributed by atoms with Crippen molar-refractivity contribution >= 4 is 23.2 Å². The third-order valence-electron chi connectivity index (χ3n) is 3.98. The monoisotopic (exact) mass is 371 g/mol. The largest absolute Gasteiger partial charge is 0.484 e. The Kier molecular flexibility index (Phi) is 5.14. The van der Waals surface area contributed by atoms with Crippen molar-refractivity contribution in [2.75, 3.05) is 11.9 Å². The number of benzene rings is 2. The summed E-state index contributed by atoms with van der Waals surface area (Å²) in [6, 6.07) is 16.0. The van der Waals surface area contributed by atoms with Crippen LogP contribution >= 0.6 is 11.6 Å². The third-order valence-corrected chi connectivity index (χ3v) is 4.22. The Morgan fingerprint density at radius 1 is 1.15 bits per heavy atom. The lowest BCUT2D eigenvalue weighted by Gasteiger charge is -2.07. The molecule has 1 heterocycles. The lowest BCUT2D eigenvalue weighted by atomic mass is 10.3. The number of anilines is 1. The molecular weight excluding hydrogens is 354 g/mol. The summed E-state index contributed by atoms with van der Waals surface area (Å²) < 4.78 is 8.61. The summed E-state index contributed by atoms with van der Waals surface area (Å²) in [6.45, 7) is 1.55. The summed E-state index contributed by atoms with van der Waals surface area (Å²) in [5.74, 6) is 0.0649. The van der Waals surface area contributed by atoms with Crippen LogP contribution in [0.5, 0.6) is 5.75 Å². The Balaban J connectivity index is 1.78. The zero-order valence-corrected chi connectivity index (χ0v) is 15.2. The molecule has 0 aliphatic rings. The molecule has 26 heavy (non-hydrogen) atoms. The molecule has 0 bridgehead atoms. The molecule has 1 aromatic heterocycles. The van der Waals surface area contributed by atoms with Crippen LogP contribution in [0.3, 0.4) is 0 Å². The maximum atomic E-state index is 12.7. The summed E-state index contributed by atoms with van der Waals surface area (Å²) in [6.07, 6.45) is 0. The first-order chi connectivity index (χ1) is 12.5. The summed E-state index contributed by atoms with van der Waals surface area (Å²) in [4.78, 5) is 24.9. The second-order valence-corrected chi connectivity index (χ2v) is 6.17. The average molecular weight is 372 g/mol. The molecule has 1 N–H and O–H groups in total. The van der Waals surface area contributed by atoms with E-state index in [0.717, 1.165) is 5.69 Å². The van der Waals surface area contributed by atoms with Gasteiger partial charge < -0.3 is 10.1 Å². The van der Waals surface area contributed by atoms with E-state index in [4.69, 9.17) is 16.3 Å². The molecule has 0 saturated heterocycles. The van der Waals surface area contributed by atoms with Crippen LogP contribution in [0.4, 0.5) is 5.69 Å². The highest BCUT2D eigenvalue weighted by atomic mass is 35.5. The third kappa shape index (κ3) is 3.65. The van der Waals surface area contributed by atoms with Gasteiger partial charge in [-0.1, -0.05) is 35.9 Å². The van der Waals surface area contributed by atoms with Gasteiger partial charge in [0.15, 0.2) is 6.61 Å². The highest BCUT2D eigenvalue weighted by Gasteiger charge is 2.18. The second kappa shape index (κ2) is 7.49.